The second kappa shape index (κ2) is 7.33. The molecule has 1 atom stereocenters. The van der Waals surface area contributed by atoms with Gasteiger partial charge < -0.3 is 16.0 Å². The number of hydrogen-bond acceptors (Lipinski definition) is 2. The fourth-order valence-corrected chi connectivity index (χ4v) is 3.22. The summed E-state index contributed by atoms with van der Waals surface area (Å²) < 4.78 is 0.934. The molecule has 1 aliphatic rings. The van der Waals surface area contributed by atoms with E-state index in [1.807, 2.05) is 56.3 Å². The fraction of sp³-hybridized carbons (Fsp3) is 0.200. The van der Waals surface area contributed by atoms with Crippen LogP contribution in [0, 0.1) is 13.8 Å². The summed E-state index contributed by atoms with van der Waals surface area (Å²) in [7, 11) is 0. The molecule has 134 valence electrons. The zero-order valence-corrected chi connectivity index (χ0v) is 16.4. The maximum atomic E-state index is 13.0. The van der Waals surface area contributed by atoms with Gasteiger partial charge in [0.05, 0.1) is 11.6 Å². The van der Waals surface area contributed by atoms with Gasteiger partial charge in [-0.2, -0.15) is 0 Å². The molecule has 1 heterocycles. The lowest BCUT2D eigenvalue weighted by Gasteiger charge is -2.29. The van der Waals surface area contributed by atoms with Crippen LogP contribution in [0.25, 0.3) is 0 Å². The van der Waals surface area contributed by atoms with Crippen molar-refractivity contribution in [2.24, 2.45) is 0 Å². The van der Waals surface area contributed by atoms with Crippen LogP contribution >= 0.6 is 15.9 Å². The van der Waals surface area contributed by atoms with Crippen molar-refractivity contribution >= 4 is 33.6 Å². The van der Waals surface area contributed by atoms with E-state index >= 15 is 0 Å². The summed E-state index contributed by atoms with van der Waals surface area (Å²) in [6.07, 6.45) is 0. The molecular formula is C20H20BrN3O2. The van der Waals surface area contributed by atoms with Crippen molar-refractivity contribution in [3.05, 3.63) is 74.9 Å². The second-order valence-electron chi connectivity index (χ2n) is 6.39. The van der Waals surface area contributed by atoms with Crippen molar-refractivity contribution in [2.45, 2.75) is 26.8 Å². The molecule has 2 aromatic carbocycles. The molecule has 3 rings (SSSR count). The van der Waals surface area contributed by atoms with Crippen LogP contribution in [0.15, 0.2) is 58.2 Å². The Labute approximate surface area is 161 Å². The normalized spacial score (nSPS) is 16.8. The zero-order valence-electron chi connectivity index (χ0n) is 14.8. The van der Waals surface area contributed by atoms with Crippen molar-refractivity contribution in [3.8, 4) is 0 Å². The molecule has 1 aliphatic heterocycles. The Morgan fingerprint density at radius 1 is 1.08 bits per heavy atom. The van der Waals surface area contributed by atoms with Gasteiger partial charge >= 0.3 is 6.03 Å². The molecule has 3 amide bonds. The Balaban J connectivity index is 1.96. The molecular weight excluding hydrogens is 394 g/mol. The van der Waals surface area contributed by atoms with Gasteiger partial charge in [-0.05, 0) is 55.7 Å². The topological polar surface area (TPSA) is 70.2 Å². The number of aryl methyl sites for hydroxylation is 2. The lowest BCUT2D eigenvalue weighted by molar-refractivity contribution is -0.113. The first-order chi connectivity index (χ1) is 12.3. The standard InChI is InChI=1S/C20H20BrN3O2/c1-11-4-5-12(2)16(10-11)23-19(25)17-13(3)22-20(26)24-18(17)14-6-8-15(21)9-7-14/h4-10,18H,1-3H3,(H,23,25)(H2,22,24,26)/t18-/m1/s1. The predicted octanol–water partition coefficient (Wildman–Crippen LogP) is 4.33. The van der Waals surface area contributed by atoms with Crippen LogP contribution in [-0.2, 0) is 4.79 Å². The van der Waals surface area contributed by atoms with E-state index in [-0.39, 0.29) is 11.9 Å². The number of carbonyl (C=O) groups is 2. The minimum Gasteiger partial charge on any atom is -0.327 e. The van der Waals surface area contributed by atoms with Crippen molar-refractivity contribution in [1.29, 1.82) is 0 Å². The van der Waals surface area contributed by atoms with Crippen molar-refractivity contribution in [3.63, 3.8) is 0 Å². The van der Waals surface area contributed by atoms with Crippen molar-refractivity contribution in [1.82, 2.24) is 10.6 Å². The molecule has 0 fully saturated rings. The van der Waals surface area contributed by atoms with Gasteiger partial charge in [-0.15, -0.1) is 0 Å². The van der Waals surface area contributed by atoms with Crippen LogP contribution in [0.3, 0.4) is 0 Å². The Kier molecular flexibility index (Phi) is 5.13. The molecule has 0 unspecified atom stereocenters. The maximum absolute atomic E-state index is 13.0. The number of amides is 3. The number of hydrogen-bond donors (Lipinski definition) is 3. The van der Waals surface area contributed by atoms with Gasteiger partial charge in [0.1, 0.15) is 0 Å². The van der Waals surface area contributed by atoms with Crippen LogP contribution in [0.5, 0.6) is 0 Å². The molecule has 0 aromatic heterocycles. The highest BCUT2D eigenvalue weighted by Crippen LogP contribution is 2.29. The predicted molar refractivity (Wildman–Crippen MR) is 106 cm³/mol. The van der Waals surface area contributed by atoms with Gasteiger partial charge in [-0.25, -0.2) is 4.79 Å². The van der Waals surface area contributed by atoms with Gasteiger partial charge in [0.15, 0.2) is 0 Å². The number of anilines is 1. The van der Waals surface area contributed by atoms with Crippen LogP contribution in [-0.4, -0.2) is 11.9 Å². The van der Waals surface area contributed by atoms with Crippen LogP contribution < -0.4 is 16.0 Å². The molecule has 5 nitrogen and oxygen atoms in total. The minimum atomic E-state index is -0.512. The van der Waals surface area contributed by atoms with Crippen LogP contribution in [0.1, 0.15) is 29.7 Å². The third-order valence-corrected chi connectivity index (χ3v) is 4.89. The van der Waals surface area contributed by atoms with Gasteiger partial charge in [0.2, 0.25) is 0 Å². The number of benzene rings is 2. The summed E-state index contributed by atoms with van der Waals surface area (Å²) in [6.45, 7) is 5.67. The molecule has 2 aromatic rings. The van der Waals surface area contributed by atoms with E-state index in [9.17, 15) is 9.59 Å². The summed E-state index contributed by atoms with van der Waals surface area (Å²) in [5, 5.41) is 8.51. The third kappa shape index (κ3) is 3.80. The van der Waals surface area contributed by atoms with Crippen LogP contribution in [0.2, 0.25) is 0 Å². The number of halogens is 1. The Bertz CT molecular complexity index is 904. The lowest BCUT2D eigenvalue weighted by atomic mass is 9.94. The quantitative estimate of drug-likeness (QED) is 0.700. The average molecular weight is 414 g/mol. The third-order valence-electron chi connectivity index (χ3n) is 4.36. The number of carbonyl (C=O) groups excluding carboxylic acids is 2. The molecule has 26 heavy (non-hydrogen) atoms. The van der Waals surface area contributed by atoms with Crippen molar-refractivity contribution in [2.75, 3.05) is 5.32 Å². The number of rotatable bonds is 3. The Morgan fingerprint density at radius 3 is 2.46 bits per heavy atom. The first-order valence-corrected chi connectivity index (χ1v) is 9.07. The molecule has 0 spiro atoms. The monoisotopic (exact) mass is 413 g/mol. The first-order valence-electron chi connectivity index (χ1n) is 8.27. The second-order valence-corrected chi connectivity index (χ2v) is 7.31. The molecule has 3 N–H and O–H groups in total. The first kappa shape index (κ1) is 18.2. The van der Waals surface area contributed by atoms with E-state index in [0.717, 1.165) is 26.9 Å². The summed E-state index contributed by atoms with van der Waals surface area (Å²) in [4.78, 5) is 25.0. The van der Waals surface area contributed by atoms with E-state index in [4.69, 9.17) is 0 Å². The van der Waals surface area contributed by atoms with Crippen LogP contribution in [0.4, 0.5) is 10.5 Å². The summed E-state index contributed by atoms with van der Waals surface area (Å²) in [5.41, 5.74) is 4.69. The van der Waals surface area contributed by atoms with E-state index < -0.39 is 6.04 Å². The average Bonchev–Trinajstić information content (AvgIpc) is 2.58. The summed E-state index contributed by atoms with van der Waals surface area (Å²) >= 11 is 3.41. The van der Waals surface area contributed by atoms with E-state index in [1.165, 1.54) is 0 Å². The number of nitrogens with one attached hydrogen (secondary N) is 3. The SMILES string of the molecule is CC1=C(C(=O)Nc2cc(C)ccc2C)[C@@H](c2ccc(Br)cc2)NC(=O)N1. The highest BCUT2D eigenvalue weighted by Gasteiger charge is 2.31. The van der Waals surface area contributed by atoms with E-state index in [1.54, 1.807) is 6.92 Å². The van der Waals surface area contributed by atoms with E-state index in [2.05, 4.69) is 31.9 Å². The Morgan fingerprint density at radius 2 is 1.77 bits per heavy atom. The molecule has 0 radical (unpaired) electrons. The maximum Gasteiger partial charge on any atom is 0.319 e. The number of urea groups is 1. The molecule has 0 saturated carbocycles. The number of allylic oxidation sites excluding steroid dienone is 1. The molecule has 6 heteroatoms. The lowest BCUT2D eigenvalue weighted by Crippen LogP contribution is -2.46. The fourth-order valence-electron chi connectivity index (χ4n) is 2.96. The largest absolute Gasteiger partial charge is 0.327 e. The highest BCUT2D eigenvalue weighted by molar-refractivity contribution is 9.10. The Hall–Kier alpha value is -2.60. The molecule has 0 bridgehead atoms. The smallest absolute Gasteiger partial charge is 0.319 e. The summed E-state index contributed by atoms with van der Waals surface area (Å²) in [6, 6.07) is 12.6. The van der Waals surface area contributed by atoms with E-state index in [0.29, 0.717) is 11.3 Å². The van der Waals surface area contributed by atoms with Gasteiger partial charge in [0.25, 0.3) is 5.91 Å². The van der Waals surface area contributed by atoms with Gasteiger partial charge in [-0.3, -0.25) is 4.79 Å². The highest BCUT2D eigenvalue weighted by atomic mass is 79.9. The van der Waals surface area contributed by atoms with Gasteiger partial charge in [0, 0.05) is 15.9 Å². The molecule has 0 saturated heterocycles. The summed E-state index contributed by atoms with van der Waals surface area (Å²) in [5.74, 6) is -0.239. The van der Waals surface area contributed by atoms with Gasteiger partial charge in [-0.1, -0.05) is 40.2 Å². The zero-order chi connectivity index (χ0) is 18.8. The molecule has 0 aliphatic carbocycles. The van der Waals surface area contributed by atoms with Crippen molar-refractivity contribution < 1.29 is 9.59 Å². The minimum absolute atomic E-state index is 0.239.